The average Bonchev–Trinajstić information content (AvgIpc) is 3.06. The van der Waals surface area contributed by atoms with Crippen LogP contribution in [-0.4, -0.2) is 63.1 Å². The molecule has 0 atom stereocenters. The van der Waals surface area contributed by atoms with Gasteiger partial charge in [-0.25, -0.2) is 0 Å². The van der Waals surface area contributed by atoms with Gasteiger partial charge in [0.25, 0.3) is 0 Å². The molecule has 0 aromatic heterocycles. The fraction of sp³-hybridized carbons (Fsp3) is 0.235. The van der Waals surface area contributed by atoms with Crippen LogP contribution in [0.1, 0.15) is 0 Å². The van der Waals surface area contributed by atoms with Crippen LogP contribution in [0.25, 0.3) is 0 Å². The molecule has 0 unspecified atom stereocenters. The van der Waals surface area contributed by atoms with Crippen molar-refractivity contribution in [3.05, 3.63) is 97.1 Å². The van der Waals surface area contributed by atoms with Crippen molar-refractivity contribution in [2.75, 3.05) is 74.1 Å². The molecule has 1 aliphatic rings. The standard InChI is InChI=1S/C34H36N4O6S2/c45-33(35-25-7-3-1-4-8-25)37-27-11-13-29-31(23-27)43-21-17-39-16-20-42-30-14-12-28(24-32(30)44-22-18-40-15-19-41-29)38-34(46)36-26-9-5-2-6-10-26/h1-14,23-24H,15-22H2,(H2,35,37,45)(H2,36,38,46). The molecule has 46 heavy (non-hydrogen) atoms. The Morgan fingerprint density at radius 1 is 0.391 bits per heavy atom. The van der Waals surface area contributed by atoms with Crippen molar-refractivity contribution in [3.63, 3.8) is 0 Å². The van der Waals surface area contributed by atoms with Crippen LogP contribution in [0.15, 0.2) is 97.1 Å². The van der Waals surface area contributed by atoms with Crippen molar-refractivity contribution in [1.82, 2.24) is 0 Å². The van der Waals surface area contributed by atoms with Crippen LogP contribution in [0.5, 0.6) is 23.0 Å². The highest BCUT2D eigenvalue weighted by atomic mass is 32.1. The predicted molar refractivity (Wildman–Crippen MR) is 189 cm³/mol. The Balaban J connectivity index is 1.15. The van der Waals surface area contributed by atoms with E-state index in [-0.39, 0.29) is 0 Å². The minimum absolute atomic E-state index is 0.314. The maximum Gasteiger partial charge on any atom is 0.175 e. The molecule has 1 aliphatic heterocycles. The second kappa shape index (κ2) is 17.8. The fourth-order valence-electron chi connectivity index (χ4n) is 4.31. The number of hydrogen-bond acceptors (Lipinski definition) is 8. The zero-order valence-corrected chi connectivity index (χ0v) is 26.8. The van der Waals surface area contributed by atoms with Gasteiger partial charge in [-0.1, -0.05) is 36.4 Å². The highest BCUT2D eigenvalue weighted by molar-refractivity contribution is 7.81. The van der Waals surface area contributed by atoms with E-state index < -0.39 is 0 Å². The highest BCUT2D eigenvalue weighted by Gasteiger charge is 2.11. The molecule has 4 N–H and O–H groups in total. The first-order valence-electron chi connectivity index (χ1n) is 14.8. The Hall–Kier alpha value is -4.62. The summed E-state index contributed by atoms with van der Waals surface area (Å²) in [5, 5.41) is 13.6. The number of thiocarbonyl (C=S) groups is 2. The maximum absolute atomic E-state index is 6.03. The lowest BCUT2D eigenvalue weighted by molar-refractivity contribution is 0.0640. The van der Waals surface area contributed by atoms with Crippen molar-refractivity contribution in [3.8, 4) is 23.0 Å². The third-order valence-corrected chi connectivity index (χ3v) is 6.82. The van der Waals surface area contributed by atoms with Gasteiger partial charge in [-0.05, 0) is 73.0 Å². The van der Waals surface area contributed by atoms with E-state index in [0.29, 0.717) is 86.1 Å². The molecule has 4 aromatic rings. The van der Waals surface area contributed by atoms with Gasteiger partial charge in [-0.3, -0.25) is 0 Å². The van der Waals surface area contributed by atoms with Crippen LogP contribution in [0.2, 0.25) is 0 Å². The van der Waals surface area contributed by atoms with E-state index in [2.05, 4.69) is 21.3 Å². The van der Waals surface area contributed by atoms with Crippen molar-refractivity contribution in [2.24, 2.45) is 0 Å². The van der Waals surface area contributed by atoms with E-state index in [1.165, 1.54) is 0 Å². The number of benzene rings is 4. The summed E-state index contributed by atoms with van der Waals surface area (Å²) >= 11 is 10.9. The van der Waals surface area contributed by atoms with Gasteiger partial charge in [0.05, 0.1) is 26.4 Å². The number of rotatable bonds is 4. The summed E-state index contributed by atoms with van der Waals surface area (Å²) in [6, 6.07) is 30.5. The Labute approximate surface area is 279 Å². The van der Waals surface area contributed by atoms with Gasteiger partial charge in [0.1, 0.15) is 26.4 Å². The molecule has 0 amide bonds. The molecular weight excluding hydrogens is 625 g/mol. The number of anilines is 4. The highest BCUT2D eigenvalue weighted by Crippen LogP contribution is 2.32. The topological polar surface area (TPSA) is 104 Å². The van der Waals surface area contributed by atoms with Crippen LogP contribution >= 0.6 is 24.4 Å². The van der Waals surface area contributed by atoms with E-state index in [4.69, 9.17) is 52.9 Å². The molecule has 0 radical (unpaired) electrons. The minimum Gasteiger partial charge on any atom is -0.487 e. The number of fused-ring (bicyclic) bond motifs is 2. The lowest BCUT2D eigenvalue weighted by Gasteiger charge is -2.17. The Morgan fingerprint density at radius 2 is 0.739 bits per heavy atom. The van der Waals surface area contributed by atoms with Crippen LogP contribution < -0.4 is 40.2 Å². The van der Waals surface area contributed by atoms with Crippen LogP contribution in [-0.2, 0) is 9.47 Å². The molecule has 240 valence electrons. The Bertz CT molecular complexity index is 1450. The first-order valence-corrected chi connectivity index (χ1v) is 15.6. The summed E-state index contributed by atoms with van der Waals surface area (Å²) in [6.07, 6.45) is 0. The van der Waals surface area contributed by atoms with E-state index >= 15 is 0 Å². The number of para-hydroxylation sites is 2. The summed E-state index contributed by atoms with van der Waals surface area (Å²) in [6.45, 7) is 2.72. The summed E-state index contributed by atoms with van der Waals surface area (Å²) in [7, 11) is 0. The lowest BCUT2D eigenvalue weighted by atomic mass is 10.2. The van der Waals surface area contributed by atoms with Crippen LogP contribution in [0.4, 0.5) is 22.7 Å². The normalized spacial score (nSPS) is 14.1. The van der Waals surface area contributed by atoms with Crippen molar-refractivity contribution in [1.29, 1.82) is 0 Å². The number of ether oxygens (including phenoxy) is 6. The number of nitrogens with one attached hydrogen (secondary N) is 4. The molecule has 0 bridgehead atoms. The molecular formula is C34H36N4O6S2. The largest absolute Gasteiger partial charge is 0.487 e. The Morgan fingerprint density at radius 3 is 1.13 bits per heavy atom. The lowest BCUT2D eigenvalue weighted by Crippen LogP contribution is -2.19. The summed E-state index contributed by atoms with van der Waals surface area (Å²) in [5.74, 6) is 2.30. The zero-order chi connectivity index (χ0) is 31.8. The molecule has 0 aliphatic carbocycles. The second-order valence-corrected chi connectivity index (χ2v) is 10.6. The maximum atomic E-state index is 6.03. The summed E-state index contributed by atoms with van der Waals surface area (Å²) in [4.78, 5) is 0. The Kier molecular flexibility index (Phi) is 12.6. The van der Waals surface area contributed by atoms with Crippen LogP contribution in [0.3, 0.4) is 0 Å². The number of hydrogen-bond donors (Lipinski definition) is 4. The monoisotopic (exact) mass is 660 g/mol. The molecule has 0 spiro atoms. The molecule has 1 heterocycles. The van der Waals surface area contributed by atoms with Crippen molar-refractivity contribution < 1.29 is 28.4 Å². The van der Waals surface area contributed by atoms with Crippen molar-refractivity contribution in [2.45, 2.75) is 0 Å². The van der Waals surface area contributed by atoms with Crippen LogP contribution in [0, 0.1) is 0 Å². The first kappa shape index (κ1) is 32.8. The third kappa shape index (κ3) is 10.8. The van der Waals surface area contributed by atoms with Gasteiger partial charge in [0.15, 0.2) is 33.2 Å². The van der Waals surface area contributed by atoms with Crippen molar-refractivity contribution >= 4 is 57.4 Å². The minimum atomic E-state index is 0.314. The molecule has 5 rings (SSSR count). The van der Waals surface area contributed by atoms with Gasteiger partial charge in [-0.15, -0.1) is 0 Å². The zero-order valence-electron chi connectivity index (χ0n) is 25.2. The molecule has 4 aromatic carbocycles. The molecule has 0 saturated carbocycles. The van der Waals surface area contributed by atoms with E-state index in [9.17, 15) is 0 Å². The molecule has 0 fully saturated rings. The van der Waals surface area contributed by atoms with Gasteiger partial charge < -0.3 is 49.7 Å². The van der Waals surface area contributed by atoms with Gasteiger partial charge >= 0.3 is 0 Å². The third-order valence-electron chi connectivity index (χ3n) is 6.41. The van der Waals surface area contributed by atoms with Gasteiger partial charge in [-0.2, -0.15) is 0 Å². The van der Waals surface area contributed by atoms with E-state index in [1.807, 2.05) is 97.1 Å². The summed E-state index contributed by atoms with van der Waals surface area (Å²) < 4.78 is 35.6. The smallest absolute Gasteiger partial charge is 0.175 e. The average molecular weight is 661 g/mol. The van der Waals surface area contributed by atoms with Gasteiger partial charge in [0, 0.05) is 34.9 Å². The quantitative estimate of drug-likeness (QED) is 0.178. The van der Waals surface area contributed by atoms with E-state index in [0.717, 1.165) is 22.7 Å². The molecule has 0 saturated heterocycles. The van der Waals surface area contributed by atoms with Gasteiger partial charge in [0.2, 0.25) is 0 Å². The predicted octanol–water partition coefficient (Wildman–Crippen LogP) is 6.57. The molecule has 10 nitrogen and oxygen atoms in total. The second-order valence-electron chi connectivity index (χ2n) is 9.83. The summed E-state index contributed by atoms with van der Waals surface area (Å²) in [5.41, 5.74) is 3.30. The molecule has 12 heteroatoms. The first-order chi connectivity index (χ1) is 22.6. The van der Waals surface area contributed by atoms with E-state index in [1.54, 1.807) is 0 Å². The SMILES string of the molecule is S=C(Nc1ccccc1)Nc1ccc2c(c1)OCCOCCOc1ccc(NC(=S)Nc3ccccc3)cc1OCCOCCO2. The fourth-order valence-corrected chi connectivity index (χ4v) is 4.78.